The molecule has 0 aliphatic carbocycles. The van der Waals surface area contributed by atoms with Gasteiger partial charge in [0.15, 0.2) is 6.61 Å². The van der Waals surface area contributed by atoms with Crippen LogP contribution in [0, 0.1) is 19.7 Å². The number of halogens is 1. The average Bonchev–Trinajstić information content (AvgIpc) is 3.07. The van der Waals surface area contributed by atoms with Crippen LogP contribution < -0.4 is 10.5 Å². The van der Waals surface area contributed by atoms with Gasteiger partial charge in [0.05, 0.1) is 23.1 Å². The maximum atomic E-state index is 15.0. The number of hydrogen-bond acceptors (Lipinski definition) is 3. The minimum absolute atomic E-state index is 0.209. The highest BCUT2D eigenvalue weighted by Crippen LogP contribution is 2.35. The third kappa shape index (κ3) is 3.64. The van der Waals surface area contributed by atoms with Crippen molar-refractivity contribution in [2.45, 2.75) is 20.4 Å². The predicted octanol–water partition coefficient (Wildman–Crippen LogP) is 4.37. The Balaban J connectivity index is 1.93. The minimum Gasteiger partial charge on any atom is -0.483 e. The van der Waals surface area contributed by atoms with Crippen molar-refractivity contribution in [3.8, 4) is 17.1 Å². The average molecular weight is 403 g/mol. The molecule has 0 aliphatic rings. The number of aromatic nitrogens is 2. The highest BCUT2D eigenvalue weighted by atomic mass is 19.1. The fourth-order valence-electron chi connectivity index (χ4n) is 3.67. The van der Waals surface area contributed by atoms with Gasteiger partial charge in [-0.1, -0.05) is 36.4 Å². The molecule has 0 fully saturated rings. The van der Waals surface area contributed by atoms with Gasteiger partial charge >= 0.3 is 0 Å². The van der Waals surface area contributed by atoms with E-state index in [1.807, 2.05) is 34.9 Å². The van der Waals surface area contributed by atoms with Gasteiger partial charge in [-0.15, -0.1) is 0 Å². The van der Waals surface area contributed by atoms with Gasteiger partial charge < -0.3 is 15.0 Å². The first-order chi connectivity index (χ1) is 14.5. The Morgan fingerprint density at radius 3 is 2.47 bits per heavy atom. The number of amides is 1. The summed E-state index contributed by atoms with van der Waals surface area (Å²) in [6.07, 6.45) is 0. The van der Waals surface area contributed by atoms with Crippen molar-refractivity contribution >= 4 is 16.9 Å². The number of ether oxygens (including phenoxy) is 1. The Kier molecular flexibility index (Phi) is 5.23. The van der Waals surface area contributed by atoms with E-state index >= 15 is 4.39 Å². The van der Waals surface area contributed by atoms with Gasteiger partial charge in [0, 0.05) is 0 Å². The van der Waals surface area contributed by atoms with Crippen LogP contribution in [0.25, 0.3) is 22.4 Å². The quantitative estimate of drug-likeness (QED) is 0.520. The Bertz CT molecular complexity index is 1230. The monoisotopic (exact) mass is 403 g/mol. The second-order valence-electron chi connectivity index (χ2n) is 7.25. The number of aryl methyl sites for hydroxylation is 2. The van der Waals surface area contributed by atoms with Crippen LogP contribution in [0.15, 0.2) is 60.7 Å². The highest BCUT2D eigenvalue weighted by molar-refractivity contribution is 5.82. The number of rotatable bonds is 6. The second-order valence-corrected chi connectivity index (χ2v) is 7.25. The summed E-state index contributed by atoms with van der Waals surface area (Å²) < 4.78 is 22.5. The number of para-hydroxylation sites is 2. The van der Waals surface area contributed by atoms with E-state index in [0.29, 0.717) is 12.4 Å². The normalized spacial score (nSPS) is 11.0. The van der Waals surface area contributed by atoms with Gasteiger partial charge in [0.1, 0.15) is 17.4 Å². The zero-order valence-electron chi connectivity index (χ0n) is 16.9. The van der Waals surface area contributed by atoms with Crippen molar-refractivity contribution in [1.82, 2.24) is 9.55 Å². The summed E-state index contributed by atoms with van der Waals surface area (Å²) in [6, 6.07) is 18.3. The van der Waals surface area contributed by atoms with Crippen LogP contribution in [0.1, 0.15) is 16.7 Å². The molecule has 4 rings (SSSR count). The molecule has 30 heavy (non-hydrogen) atoms. The molecule has 0 radical (unpaired) electrons. The van der Waals surface area contributed by atoms with Crippen molar-refractivity contribution in [1.29, 1.82) is 0 Å². The number of primary amides is 1. The molecular weight excluding hydrogens is 381 g/mol. The van der Waals surface area contributed by atoms with Crippen molar-refractivity contribution in [2.75, 3.05) is 6.61 Å². The number of benzene rings is 3. The Morgan fingerprint density at radius 1 is 1.03 bits per heavy atom. The van der Waals surface area contributed by atoms with E-state index in [4.69, 9.17) is 15.5 Å². The van der Waals surface area contributed by atoms with Gasteiger partial charge in [0.25, 0.3) is 5.91 Å². The maximum Gasteiger partial charge on any atom is 0.255 e. The number of nitrogens with zero attached hydrogens (tertiary/aromatic N) is 2. The van der Waals surface area contributed by atoms with E-state index in [1.165, 1.54) is 12.1 Å². The van der Waals surface area contributed by atoms with Gasteiger partial charge in [0.2, 0.25) is 0 Å². The first-order valence-electron chi connectivity index (χ1n) is 9.66. The molecule has 6 heteroatoms. The number of imidazole rings is 1. The van der Waals surface area contributed by atoms with Crippen LogP contribution in [0.4, 0.5) is 4.39 Å². The lowest BCUT2D eigenvalue weighted by Crippen LogP contribution is -2.20. The standard InChI is InChI=1S/C24H22FN3O2/c1-15-7-5-8-16(2)17(15)13-28-20-11-4-3-10-19(20)27-24(28)23-18(25)9-6-12-21(23)30-14-22(26)29/h3-12H,13-14H2,1-2H3,(H2,26,29). The SMILES string of the molecule is Cc1cccc(C)c1Cn1c(-c2c(F)cccc2OCC(N)=O)nc2ccccc21. The van der Waals surface area contributed by atoms with E-state index < -0.39 is 11.7 Å². The summed E-state index contributed by atoms with van der Waals surface area (Å²) in [5.41, 5.74) is 10.5. The number of hydrogen-bond donors (Lipinski definition) is 1. The molecule has 0 saturated heterocycles. The molecule has 2 N–H and O–H groups in total. The summed E-state index contributed by atoms with van der Waals surface area (Å²) >= 11 is 0. The Hall–Kier alpha value is -3.67. The summed E-state index contributed by atoms with van der Waals surface area (Å²) in [4.78, 5) is 15.9. The Morgan fingerprint density at radius 2 is 1.73 bits per heavy atom. The van der Waals surface area contributed by atoms with Crippen LogP contribution in [-0.4, -0.2) is 22.1 Å². The van der Waals surface area contributed by atoms with Gasteiger partial charge in [-0.2, -0.15) is 0 Å². The molecule has 0 atom stereocenters. The van der Waals surface area contributed by atoms with Gasteiger partial charge in [-0.05, 0) is 54.8 Å². The third-order valence-electron chi connectivity index (χ3n) is 5.18. The van der Waals surface area contributed by atoms with Crippen LogP contribution in [0.5, 0.6) is 5.75 Å². The largest absolute Gasteiger partial charge is 0.483 e. The first-order valence-corrected chi connectivity index (χ1v) is 9.66. The number of carbonyl (C=O) groups is 1. The lowest BCUT2D eigenvalue weighted by atomic mass is 10.0. The molecule has 0 unspecified atom stereocenters. The maximum absolute atomic E-state index is 15.0. The van der Waals surface area contributed by atoms with Crippen molar-refractivity contribution in [3.05, 3.63) is 83.2 Å². The zero-order chi connectivity index (χ0) is 21.3. The topological polar surface area (TPSA) is 70.1 Å². The molecule has 0 bridgehead atoms. The summed E-state index contributed by atoms with van der Waals surface area (Å²) in [6.45, 7) is 4.31. The van der Waals surface area contributed by atoms with Gasteiger partial charge in [-0.3, -0.25) is 4.79 Å². The lowest BCUT2D eigenvalue weighted by Gasteiger charge is -2.16. The predicted molar refractivity (Wildman–Crippen MR) is 115 cm³/mol. The number of fused-ring (bicyclic) bond motifs is 1. The first kappa shape index (κ1) is 19.6. The number of carbonyl (C=O) groups excluding carboxylic acids is 1. The van der Waals surface area contributed by atoms with Crippen molar-refractivity contribution < 1.29 is 13.9 Å². The van der Waals surface area contributed by atoms with E-state index in [-0.39, 0.29) is 17.9 Å². The van der Waals surface area contributed by atoms with E-state index in [1.54, 1.807) is 6.07 Å². The van der Waals surface area contributed by atoms with E-state index in [0.717, 1.165) is 27.7 Å². The molecule has 152 valence electrons. The fraction of sp³-hybridized carbons (Fsp3) is 0.167. The summed E-state index contributed by atoms with van der Waals surface area (Å²) in [5.74, 6) is -0.437. The molecule has 3 aromatic carbocycles. The second kappa shape index (κ2) is 7.99. The zero-order valence-corrected chi connectivity index (χ0v) is 16.9. The van der Waals surface area contributed by atoms with Crippen molar-refractivity contribution in [3.63, 3.8) is 0 Å². The smallest absolute Gasteiger partial charge is 0.255 e. The highest BCUT2D eigenvalue weighted by Gasteiger charge is 2.21. The van der Waals surface area contributed by atoms with Gasteiger partial charge in [-0.25, -0.2) is 9.37 Å². The molecule has 4 aromatic rings. The van der Waals surface area contributed by atoms with Crippen LogP contribution in [-0.2, 0) is 11.3 Å². The summed E-state index contributed by atoms with van der Waals surface area (Å²) in [5, 5.41) is 0. The van der Waals surface area contributed by atoms with Crippen molar-refractivity contribution in [2.24, 2.45) is 5.73 Å². The van der Waals surface area contributed by atoms with E-state index in [9.17, 15) is 4.79 Å². The molecular formula is C24H22FN3O2. The summed E-state index contributed by atoms with van der Waals surface area (Å²) in [7, 11) is 0. The minimum atomic E-state index is -0.630. The molecule has 0 saturated carbocycles. The molecule has 0 aliphatic heterocycles. The molecule has 1 aromatic heterocycles. The molecule has 5 nitrogen and oxygen atoms in total. The molecule has 1 heterocycles. The van der Waals surface area contributed by atoms with E-state index in [2.05, 4.69) is 26.0 Å². The van der Waals surface area contributed by atoms with Crippen LogP contribution >= 0.6 is 0 Å². The fourth-order valence-corrected chi connectivity index (χ4v) is 3.67. The number of nitrogens with two attached hydrogens (primary N) is 1. The van der Waals surface area contributed by atoms with Crippen LogP contribution in [0.3, 0.4) is 0 Å². The lowest BCUT2D eigenvalue weighted by molar-refractivity contribution is -0.119. The Labute approximate surface area is 173 Å². The molecule has 0 spiro atoms. The van der Waals surface area contributed by atoms with Crippen LogP contribution in [0.2, 0.25) is 0 Å². The third-order valence-corrected chi connectivity index (χ3v) is 5.18. The molecule has 1 amide bonds.